The van der Waals surface area contributed by atoms with E-state index in [2.05, 4.69) is 26.5 Å². The number of ether oxygens (including phenoxy) is 2. The Hall–Kier alpha value is -2.61. The molecule has 1 amide bonds. The van der Waals surface area contributed by atoms with E-state index < -0.39 is 11.7 Å². The van der Waals surface area contributed by atoms with Gasteiger partial charge in [0.15, 0.2) is 11.5 Å². The van der Waals surface area contributed by atoms with Crippen molar-refractivity contribution in [2.24, 2.45) is 5.10 Å². The van der Waals surface area contributed by atoms with Gasteiger partial charge in [-0.15, -0.1) is 0 Å². The molecular weight excluding hydrogens is 522 g/mol. The van der Waals surface area contributed by atoms with Gasteiger partial charge < -0.3 is 9.47 Å². The van der Waals surface area contributed by atoms with Gasteiger partial charge >= 0.3 is 0 Å². The van der Waals surface area contributed by atoms with Crippen molar-refractivity contribution in [2.45, 2.75) is 13.5 Å². The van der Waals surface area contributed by atoms with Crippen LogP contribution in [0.25, 0.3) is 0 Å². The molecule has 0 bridgehead atoms. The number of carbonyl (C=O) groups is 1. The average Bonchev–Trinajstić information content (AvgIpc) is 2.76. The summed E-state index contributed by atoms with van der Waals surface area (Å²) in [6.07, 6.45) is 1.47. The Kier molecular flexibility index (Phi) is 8.50. The zero-order valence-corrected chi connectivity index (χ0v) is 20.0. The highest BCUT2D eigenvalue weighted by Gasteiger charge is 2.12. The summed E-state index contributed by atoms with van der Waals surface area (Å²) >= 11 is 15.6. The van der Waals surface area contributed by atoms with Gasteiger partial charge in [-0.05, 0) is 71.4 Å². The van der Waals surface area contributed by atoms with Crippen LogP contribution in [0.15, 0.2) is 64.2 Å². The Morgan fingerprint density at radius 3 is 2.50 bits per heavy atom. The smallest absolute Gasteiger partial charge is 0.271 e. The molecule has 0 saturated heterocycles. The number of carbonyl (C=O) groups excluding carboxylic acids is 1. The van der Waals surface area contributed by atoms with Gasteiger partial charge in [-0.3, -0.25) is 4.79 Å². The van der Waals surface area contributed by atoms with Crippen LogP contribution in [0.4, 0.5) is 4.39 Å². The maximum absolute atomic E-state index is 13.0. The van der Waals surface area contributed by atoms with E-state index in [1.54, 1.807) is 30.3 Å². The summed E-state index contributed by atoms with van der Waals surface area (Å²) in [7, 11) is 0. The second kappa shape index (κ2) is 11.3. The lowest BCUT2D eigenvalue weighted by atomic mass is 10.2. The first-order valence-corrected chi connectivity index (χ1v) is 11.0. The van der Waals surface area contributed by atoms with Gasteiger partial charge in [0.2, 0.25) is 0 Å². The lowest BCUT2D eigenvalue weighted by Gasteiger charge is -2.14. The van der Waals surface area contributed by atoms with Crippen molar-refractivity contribution in [2.75, 3.05) is 6.61 Å². The third-order valence-electron chi connectivity index (χ3n) is 4.24. The van der Waals surface area contributed by atoms with Crippen molar-refractivity contribution in [1.29, 1.82) is 0 Å². The number of nitrogens with zero attached hydrogens (tertiary/aromatic N) is 1. The van der Waals surface area contributed by atoms with Crippen LogP contribution in [0, 0.1) is 5.82 Å². The summed E-state index contributed by atoms with van der Waals surface area (Å²) in [5.41, 5.74) is 4.14. The highest BCUT2D eigenvalue weighted by atomic mass is 79.9. The maximum Gasteiger partial charge on any atom is 0.271 e. The van der Waals surface area contributed by atoms with Crippen LogP contribution in [0.3, 0.4) is 0 Å². The predicted molar refractivity (Wildman–Crippen MR) is 128 cm³/mol. The number of benzene rings is 3. The van der Waals surface area contributed by atoms with Crippen LogP contribution < -0.4 is 14.9 Å². The van der Waals surface area contributed by atoms with Crippen LogP contribution in [0.1, 0.15) is 28.4 Å². The predicted octanol–water partition coefficient (Wildman–Crippen LogP) is 6.64. The average molecular weight is 540 g/mol. The lowest BCUT2D eigenvalue weighted by molar-refractivity contribution is 0.0955. The number of nitrogens with one attached hydrogen (secondary N) is 1. The minimum absolute atomic E-state index is 0.226. The van der Waals surface area contributed by atoms with Crippen molar-refractivity contribution >= 4 is 51.3 Å². The fraction of sp³-hybridized carbons (Fsp3) is 0.130. The molecular formula is C23H18BrCl2FN2O3. The van der Waals surface area contributed by atoms with Gasteiger partial charge in [0.1, 0.15) is 12.4 Å². The van der Waals surface area contributed by atoms with Gasteiger partial charge in [-0.1, -0.05) is 29.3 Å². The molecule has 9 heteroatoms. The topological polar surface area (TPSA) is 59.9 Å². The molecule has 0 aliphatic carbocycles. The minimum Gasteiger partial charge on any atom is -0.490 e. The number of amides is 1. The standard InChI is InChI=1S/C23H18BrCl2FN2O3/c1-2-31-21-9-16(12-28-29-23(30)14-4-7-18(27)8-5-14)19(24)11-22(21)32-13-15-3-6-17(25)10-20(15)26/h3-12H,2,13H2,1H3,(H,29,30)/b28-12-. The first-order chi connectivity index (χ1) is 15.4. The van der Waals surface area contributed by atoms with E-state index in [-0.39, 0.29) is 6.61 Å². The molecule has 3 rings (SSSR count). The third kappa shape index (κ3) is 6.45. The minimum atomic E-state index is -0.456. The van der Waals surface area contributed by atoms with Gasteiger partial charge in [-0.25, -0.2) is 9.82 Å². The van der Waals surface area contributed by atoms with Crippen molar-refractivity contribution in [3.05, 3.63) is 91.6 Å². The summed E-state index contributed by atoms with van der Waals surface area (Å²) in [5.74, 6) is 0.143. The van der Waals surface area contributed by atoms with Crippen molar-refractivity contribution in [3.63, 3.8) is 0 Å². The van der Waals surface area contributed by atoms with E-state index in [0.29, 0.717) is 43.8 Å². The largest absolute Gasteiger partial charge is 0.490 e. The molecule has 32 heavy (non-hydrogen) atoms. The molecule has 0 atom stereocenters. The Bertz CT molecular complexity index is 1140. The second-order valence-electron chi connectivity index (χ2n) is 6.48. The molecule has 0 radical (unpaired) electrons. The highest BCUT2D eigenvalue weighted by molar-refractivity contribution is 9.10. The van der Waals surface area contributed by atoms with E-state index in [0.717, 1.165) is 5.56 Å². The van der Waals surface area contributed by atoms with Crippen molar-refractivity contribution in [3.8, 4) is 11.5 Å². The van der Waals surface area contributed by atoms with Crippen LogP contribution in [0.5, 0.6) is 11.5 Å². The molecule has 1 N–H and O–H groups in total. The maximum atomic E-state index is 13.0. The molecule has 0 spiro atoms. The summed E-state index contributed by atoms with van der Waals surface area (Å²) in [5, 5.41) is 5.03. The third-order valence-corrected chi connectivity index (χ3v) is 5.51. The molecule has 5 nitrogen and oxygen atoms in total. The van der Waals surface area contributed by atoms with Crippen molar-refractivity contribution < 1.29 is 18.7 Å². The van der Waals surface area contributed by atoms with Crippen molar-refractivity contribution in [1.82, 2.24) is 5.43 Å². The number of hydrogen-bond donors (Lipinski definition) is 1. The van der Waals surface area contributed by atoms with E-state index in [9.17, 15) is 9.18 Å². The highest BCUT2D eigenvalue weighted by Crippen LogP contribution is 2.34. The van der Waals surface area contributed by atoms with E-state index >= 15 is 0 Å². The molecule has 0 aliphatic rings. The summed E-state index contributed by atoms with van der Waals surface area (Å²) in [6, 6.07) is 13.8. The van der Waals surface area contributed by atoms with Crippen LogP contribution in [-0.4, -0.2) is 18.7 Å². The quantitative estimate of drug-likeness (QED) is 0.258. The number of halogens is 4. The SMILES string of the molecule is CCOc1cc(/C=N\NC(=O)c2ccc(F)cc2)c(Br)cc1OCc1ccc(Cl)cc1Cl. The summed E-state index contributed by atoms with van der Waals surface area (Å²) < 4.78 is 25.3. The first kappa shape index (κ1) is 24.0. The molecule has 0 unspecified atom stereocenters. The van der Waals surface area contributed by atoms with Crippen LogP contribution in [-0.2, 0) is 6.61 Å². The molecule has 0 aliphatic heterocycles. The number of hydrogen-bond acceptors (Lipinski definition) is 4. The van der Waals surface area contributed by atoms with E-state index in [4.69, 9.17) is 32.7 Å². The lowest BCUT2D eigenvalue weighted by Crippen LogP contribution is -2.17. The van der Waals surface area contributed by atoms with Gasteiger partial charge in [0, 0.05) is 31.2 Å². The Balaban J connectivity index is 1.73. The van der Waals surface area contributed by atoms with Gasteiger partial charge in [-0.2, -0.15) is 5.10 Å². The Morgan fingerprint density at radius 1 is 1.09 bits per heavy atom. The molecule has 0 aromatic heterocycles. The first-order valence-electron chi connectivity index (χ1n) is 9.49. The molecule has 0 saturated carbocycles. The number of hydrazone groups is 1. The zero-order valence-electron chi connectivity index (χ0n) is 16.9. The summed E-state index contributed by atoms with van der Waals surface area (Å²) in [4.78, 5) is 12.1. The molecule has 166 valence electrons. The molecule has 0 fully saturated rings. The normalized spacial score (nSPS) is 10.9. The van der Waals surface area contributed by atoms with Gasteiger partial charge in [0.25, 0.3) is 5.91 Å². The van der Waals surface area contributed by atoms with E-state index in [1.165, 1.54) is 30.5 Å². The fourth-order valence-electron chi connectivity index (χ4n) is 2.65. The Morgan fingerprint density at radius 2 is 1.81 bits per heavy atom. The molecule has 3 aromatic carbocycles. The second-order valence-corrected chi connectivity index (χ2v) is 8.18. The zero-order chi connectivity index (χ0) is 23.1. The van der Waals surface area contributed by atoms with E-state index in [1.807, 2.05) is 6.92 Å². The van der Waals surface area contributed by atoms with Crippen LogP contribution in [0.2, 0.25) is 10.0 Å². The summed E-state index contributed by atoms with van der Waals surface area (Å²) in [6.45, 7) is 2.51. The monoisotopic (exact) mass is 538 g/mol. The van der Waals surface area contributed by atoms with Crippen LogP contribution >= 0.6 is 39.1 Å². The van der Waals surface area contributed by atoms with Gasteiger partial charge in [0.05, 0.1) is 12.8 Å². The molecule has 0 heterocycles. The molecule has 3 aromatic rings. The number of rotatable bonds is 8. The Labute approximate surface area is 203 Å². The fourth-order valence-corrected chi connectivity index (χ4v) is 3.54.